The predicted molar refractivity (Wildman–Crippen MR) is 106 cm³/mol. The van der Waals surface area contributed by atoms with E-state index in [0.717, 1.165) is 21.9 Å². The van der Waals surface area contributed by atoms with Gasteiger partial charge in [-0.3, -0.25) is 4.98 Å². The Morgan fingerprint density at radius 3 is 2.70 bits per heavy atom. The molecule has 0 atom stereocenters. The summed E-state index contributed by atoms with van der Waals surface area (Å²) in [5.74, 6) is 0. The van der Waals surface area contributed by atoms with Crippen LogP contribution in [0.2, 0.25) is 5.02 Å². The van der Waals surface area contributed by atoms with Crippen molar-refractivity contribution in [1.82, 2.24) is 9.55 Å². The summed E-state index contributed by atoms with van der Waals surface area (Å²) in [6.45, 7) is 1.83. The number of nitriles is 1. The van der Waals surface area contributed by atoms with Gasteiger partial charge in [-0.2, -0.15) is 5.26 Å². The Balaban J connectivity index is 2.10. The summed E-state index contributed by atoms with van der Waals surface area (Å²) in [5, 5.41) is 12.9. The van der Waals surface area contributed by atoms with Crippen LogP contribution in [0.1, 0.15) is 11.1 Å². The van der Waals surface area contributed by atoms with Gasteiger partial charge in [0.05, 0.1) is 45.2 Å². The smallest absolute Gasteiger partial charge is 0.195 e. The third-order valence-electron chi connectivity index (χ3n) is 4.46. The topological polar surface area (TPSA) is 102 Å². The molecule has 1 aromatic carbocycles. The van der Waals surface area contributed by atoms with Crippen molar-refractivity contribution >= 4 is 43.7 Å². The minimum atomic E-state index is -3.38. The number of nitrogens with two attached hydrogens (primary N) is 1. The Kier molecular flexibility index (Phi) is 3.84. The van der Waals surface area contributed by atoms with Gasteiger partial charge in [-0.1, -0.05) is 11.6 Å². The third-order valence-corrected chi connectivity index (χ3v) is 5.97. The number of rotatable bonds is 2. The van der Waals surface area contributed by atoms with Crippen LogP contribution in [0.4, 0.5) is 5.69 Å². The molecular formula is C19H13ClN4O2S. The van der Waals surface area contributed by atoms with Crippen molar-refractivity contribution in [2.75, 3.05) is 5.73 Å². The first-order chi connectivity index (χ1) is 12.8. The van der Waals surface area contributed by atoms with Gasteiger partial charge >= 0.3 is 0 Å². The number of pyridine rings is 1. The second-order valence-corrected chi connectivity index (χ2v) is 8.30. The van der Waals surface area contributed by atoms with Crippen LogP contribution < -0.4 is 5.73 Å². The first-order valence-corrected chi connectivity index (χ1v) is 9.90. The standard InChI is InChI=1S/C19H13ClN4O2S/c1-11-4-18-14(5-12(11)6-21)16(15-7-23-8-17(22)19(15)20)9-24(18)13-2-3-27(25,26)10-13/h2-5,7-10H,22H2,1H3. The lowest BCUT2D eigenvalue weighted by molar-refractivity contribution is 0.613. The van der Waals surface area contributed by atoms with Gasteiger partial charge in [0, 0.05) is 34.3 Å². The molecule has 0 saturated carbocycles. The van der Waals surface area contributed by atoms with E-state index < -0.39 is 9.84 Å². The maximum absolute atomic E-state index is 11.8. The van der Waals surface area contributed by atoms with E-state index in [-0.39, 0.29) is 0 Å². The van der Waals surface area contributed by atoms with Crippen molar-refractivity contribution in [3.8, 4) is 17.2 Å². The number of halogens is 1. The molecule has 8 heteroatoms. The Hall–Kier alpha value is -3.08. The average Bonchev–Trinajstić information content (AvgIpc) is 3.16. The Morgan fingerprint density at radius 2 is 2.04 bits per heavy atom. The number of sulfone groups is 1. The number of nitrogens with zero attached hydrogens (tertiary/aromatic N) is 3. The molecule has 3 aromatic rings. The van der Waals surface area contributed by atoms with Gasteiger partial charge in [-0.15, -0.1) is 0 Å². The molecule has 2 aromatic heterocycles. The van der Waals surface area contributed by atoms with E-state index in [9.17, 15) is 13.7 Å². The summed E-state index contributed by atoms with van der Waals surface area (Å²) in [7, 11) is -3.38. The van der Waals surface area contributed by atoms with Crippen LogP contribution in [-0.4, -0.2) is 18.0 Å². The lowest BCUT2D eigenvalue weighted by Gasteiger charge is -2.06. The molecular weight excluding hydrogens is 384 g/mol. The first kappa shape index (κ1) is 17.3. The van der Waals surface area contributed by atoms with E-state index in [1.54, 1.807) is 23.0 Å². The van der Waals surface area contributed by atoms with Crippen LogP contribution in [0.5, 0.6) is 0 Å². The number of fused-ring (bicyclic) bond motifs is 1. The van der Waals surface area contributed by atoms with E-state index in [0.29, 0.717) is 33.1 Å². The lowest BCUT2D eigenvalue weighted by atomic mass is 10.0. The van der Waals surface area contributed by atoms with E-state index in [1.807, 2.05) is 13.0 Å². The largest absolute Gasteiger partial charge is 0.396 e. The molecule has 0 aliphatic carbocycles. The number of anilines is 1. The number of aromatic nitrogens is 2. The number of hydrogen-bond donors (Lipinski definition) is 1. The zero-order chi connectivity index (χ0) is 19.3. The highest BCUT2D eigenvalue weighted by atomic mass is 35.5. The fourth-order valence-corrected chi connectivity index (χ4v) is 4.26. The van der Waals surface area contributed by atoms with Gasteiger partial charge in [0.1, 0.15) is 0 Å². The molecule has 1 aliphatic heterocycles. The molecule has 0 unspecified atom stereocenters. The SMILES string of the molecule is Cc1cc2c(cc1C#N)c(-c1cncc(N)c1Cl)cn2C1=CS(=O)(=O)C=C1. The number of benzene rings is 1. The lowest BCUT2D eigenvalue weighted by Crippen LogP contribution is -1.93. The number of allylic oxidation sites excluding steroid dienone is 2. The summed E-state index contributed by atoms with van der Waals surface area (Å²) in [4.78, 5) is 4.11. The van der Waals surface area contributed by atoms with Crippen molar-refractivity contribution in [3.05, 3.63) is 63.8 Å². The first-order valence-electron chi connectivity index (χ1n) is 7.91. The van der Waals surface area contributed by atoms with Crippen molar-refractivity contribution in [3.63, 3.8) is 0 Å². The van der Waals surface area contributed by atoms with Gasteiger partial charge in [0.15, 0.2) is 9.84 Å². The Morgan fingerprint density at radius 1 is 1.26 bits per heavy atom. The zero-order valence-electron chi connectivity index (χ0n) is 14.1. The molecule has 0 saturated heterocycles. The van der Waals surface area contributed by atoms with E-state index in [2.05, 4.69) is 11.1 Å². The predicted octanol–water partition coefficient (Wildman–Crippen LogP) is 3.86. The Bertz CT molecular complexity index is 1330. The minimum absolute atomic E-state index is 0.338. The molecule has 0 fully saturated rings. The van der Waals surface area contributed by atoms with Crippen LogP contribution in [-0.2, 0) is 9.84 Å². The summed E-state index contributed by atoms with van der Waals surface area (Å²) in [6, 6.07) is 5.80. The Labute approximate surface area is 160 Å². The van der Waals surface area contributed by atoms with Crippen LogP contribution >= 0.6 is 11.6 Å². The summed E-state index contributed by atoms with van der Waals surface area (Å²) >= 11 is 6.38. The quantitative estimate of drug-likeness (QED) is 0.708. The summed E-state index contributed by atoms with van der Waals surface area (Å²) < 4.78 is 25.4. The van der Waals surface area contributed by atoms with Crippen molar-refractivity contribution < 1.29 is 8.42 Å². The van der Waals surface area contributed by atoms with Gasteiger partial charge in [-0.05, 0) is 30.7 Å². The second-order valence-electron chi connectivity index (χ2n) is 6.23. The third kappa shape index (κ3) is 2.79. The highest BCUT2D eigenvalue weighted by Crippen LogP contribution is 2.39. The fourth-order valence-electron chi connectivity index (χ4n) is 3.12. The van der Waals surface area contributed by atoms with Crippen LogP contribution in [0.25, 0.3) is 27.7 Å². The monoisotopic (exact) mass is 396 g/mol. The zero-order valence-corrected chi connectivity index (χ0v) is 15.7. The number of aryl methyl sites for hydroxylation is 1. The van der Waals surface area contributed by atoms with Gasteiger partial charge < -0.3 is 10.3 Å². The van der Waals surface area contributed by atoms with Crippen molar-refractivity contribution in [1.29, 1.82) is 5.26 Å². The normalized spacial score (nSPS) is 15.1. The highest BCUT2D eigenvalue weighted by Gasteiger charge is 2.20. The molecule has 134 valence electrons. The minimum Gasteiger partial charge on any atom is -0.396 e. The molecule has 6 nitrogen and oxygen atoms in total. The maximum Gasteiger partial charge on any atom is 0.195 e. The molecule has 0 radical (unpaired) electrons. The average molecular weight is 397 g/mol. The van der Waals surface area contributed by atoms with E-state index >= 15 is 0 Å². The van der Waals surface area contributed by atoms with E-state index in [1.165, 1.54) is 17.7 Å². The van der Waals surface area contributed by atoms with Crippen LogP contribution in [0.3, 0.4) is 0 Å². The molecule has 0 amide bonds. The fraction of sp³-hybridized carbons (Fsp3) is 0.0526. The molecule has 1 aliphatic rings. The molecule has 4 rings (SSSR count). The molecule has 3 heterocycles. The van der Waals surface area contributed by atoms with Crippen molar-refractivity contribution in [2.45, 2.75) is 6.92 Å². The second kappa shape index (κ2) is 5.98. The molecule has 2 N–H and O–H groups in total. The van der Waals surface area contributed by atoms with Crippen molar-refractivity contribution in [2.24, 2.45) is 0 Å². The van der Waals surface area contributed by atoms with Crippen LogP contribution in [0.15, 0.2) is 47.6 Å². The number of nitrogen functional groups attached to an aromatic ring is 1. The summed E-state index contributed by atoms with van der Waals surface area (Å²) in [5.41, 5.74) is 10.1. The van der Waals surface area contributed by atoms with E-state index in [4.69, 9.17) is 17.3 Å². The maximum atomic E-state index is 11.8. The highest BCUT2D eigenvalue weighted by molar-refractivity contribution is 7.97. The summed E-state index contributed by atoms with van der Waals surface area (Å²) in [6.07, 6.45) is 6.37. The molecule has 0 bridgehead atoms. The van der Waals surface area contributed by atoms with Crippen LogP contribution in [0, 0.1) is 18.3 Å². The number of hydrogen-bond acceptors (Lipinski definition) is 5. The van der Waals surface area contributed by atoms with Gasteiger partial charge in [-0.25, -0.2) is 8.42 Å². The molecule has 27 heavy (non-hydrogen) atoms. The van der Waals surface area contributed by atoms with Gasteiger partial charge in [0.2, 0.25) is 0 Å². The molecule has 0 spiro atoms. The van der Waals surface area contributed by atoms with Gasteiger partial charge in [0.25, 0.3) is 0 Å².